The fourth-order valence-corrected chi connectivity index (χ4v) is 3.52. The van der Waals surface area contributed by atoms with Crippen LogP contribution >= 0.6 is 11.8 Å². The van der Waals surface area contributed by atoms with E-state index in [0.717, 1.165) is 27.1 Å². The molecule has 0 aliphatic carbocycles. The molecule has 0 aliphatic rings. The molecule has 2 N–H and O–H groups in total. The molecule has 0 spiro atoms. The number of carbonyl (C=O) groups is 1. The number of ether oxygens (including phenoxy) is 2. The summed E-state index contributed by atoms with van der Waals surface area (Å²) >= 11 is 1.33. The maximum absolute atomic E-state index is 11.5. The molecule has 26 heavy (non-hydrogen) atoms. The lowest BCUT2D eigenvalue weighted by molar-refractivity contribution is -0.117. The van der Waals surface area contributed by atoms with Crippen LogP contribution in [0.2, 0.25) is 0 Å². The average molecular weight is 368 g/mol. The summed E-state index contributed by atoms with van der Waals surface area (Å²) in [5.74, 6) is 0.970. The number of carbonyl (C=O) groups excluding carboxylic acids is 1. The van der Waals surface area contributed by atoms with Gasteiger partial charge in [-0.05, 0) is 24.1 Å². The highest BCUT2D eigenvalue weighted by atomic mass is 32.2. The lowest BCUT2D eigenvalue weighted by Crippen LogP contribution is -2.22. The topological polar surface area (TPSA) is 74.4 Å². The van der Waals surface area contributed by atoms with Gasteiger partial charge in [-0.1, -0.05) is 42.1 Å². The highest BCUT2D eigenvalue weighted by molar-refractivity contribution is 8.00. The number of nitrogens with zero attached hydrogens (tertiary/aromatic N) is 1. The molecule has 134 valence electrons. The van der Waals surface area contributed by atoms with Crippen molar-refractivity contribution in [1.82, 2.24) is 4.98 Å². The highest BCUT2D eigenvalue weighted by Gasteiger charge is 2.17. The van der Waals surface area contributed by atoms with Crippen LogP contribution in [0.25, 0.3) is 22.0 Å². The molecule has 5 nitrogen and oxygen atoms in total. The smallest absolute Gasteiger partial charge is 0.230 e. The van der Waals surface area contributed by atoms with Gasteiger partial charge in [-0.2, -0.15) is 0 Å². The molecule has 1 aromatic heterocycles. The van der Waals surface area contributed by atoms with Crippen molar-refractivity contribution in [3.05, 3.63) is 48.5 Å². The summed E-state index contributed by atoms with van der Waals surface area (Å²) in [6, 6.07) is 15.7. The monoisotopic (exact) mass is 368 g/mol. The number of fused-ring (bicyclic) bond motifs is 1. The molecule has 3 rings (SSSR count). The minimum Gasteiger partial charge on any atom is -0.497 e. The van der Waals surface area contributed by atoms with Gasteiger partial charge >= 0.3 is 0 Å². The number of pyridine rings is 1. The van der Waals surface area contributed by atoms with E-state index in [-0.39, 0.29) is 11.2 Å². The summed E-state index contributed by atoms with van der Waals surface area (Å²) in [6.07, 6.45) is 0. The summed E-state index contributed by atoms with van der Waals surface area (Å²) in [6.45, 7) is 1.77. The Labute approximate surface area is 156 Å². The van der Waals surface area contributed by atoms with Gasteiger partial charge in [0, 0.05) is 12.1 Å². The summed E-state index contributed by atoms with van der Waals surface area (Å²) in [4.78, 5) is 16.2. The number of rotatable bonds is 6. The van der Waals surface area contributed by atoms with E-state index in [0.29, 0.717) is 11.5 Å². The van der Waals surface area contributed by atoms with Crippen molar-refractivity contribution in [3.63, 3.8) is 0 Å². The molecule has 0 fully saturated rings. The molecule has 0 aliphatic heterocycles. The molecule has 0 unspecified atom stereocenters. The number of thioether (sulfide) groups is 1. The fourth-order valence-electron chi connectivity index (χ4n) is 2.71. The van der Waals surface area contributed by atoms with E-state index < -0.39 is 0 Å². The average Bonchev–Trinajstić information content (AvgIpc) is 2.66. The minimum absolute atomic E-state index is 0.374. The van der Waals surface area contributed by atoms with Gasteiger partial charge in [0.25, 0.3) is 0 Å². The van der Waals surface area contributed by atoms with Crippen LogP contribution in [-0.4, -0.2) is 30.4 Å². The Kier molecular flexibility index (Phi) is 5.32. The third-order valence-electron chi connectivity index (χ3n) is 4.06. The van der Waals surface area contributed by atoms with Gasteiger partial charge in [0.2, 0.25) is 5.91 Å². The molecule has 0 radical (unpaired) electrons. The summed E-state index contributed by atoms with van der Waals surface area (Å²) < 4.78 is 11.0. The van der Waals surface area contributed by atoms with Gasteiger partial charge in [-0.3, -0.25) is 4.79 Å². The Morgan fingerprint density at radius 3 is 2.46 bits per heavy atom. The van der Waals surface area contributed by atoms with Crippen LogP contribution in [0.1, 0.15) is 6.92 Å². The first-order valence-corrected chi connectivity index (χ1v) is 8.99. The second-order valence-electron chi connectivity index (χ2n) is 5.76. The summed E-state index contributed by atoms with van der Waals surface area (Å²) in [5, 5.41) is 1.24. The molecule has 3 aromatic rings. The quantitative estimate of drug-likeness (QED) is 0.668. The Bertz CT molecular complexity index is 945. The predicted octanol–water partition coefficient (Wildman–Crippen LogP) is 3.88. The summed E-state index contributed by atoms with van der Waals surface area (Å²) in [5.41, 5.74) is 8.17. The summed E-state index contributed by atoms with van der Waals surface area (Å²) in [7, 11) is 3.23. The van der Waals surface area contributed by atoms with Crippen molar-refractivity contribution in [2.24, 2.45) is 5.73 Å². The Hall–Kier alpha value is -2.73. The standard InChI is InChI=1S/C20H20N2O3S/c1-12(20(21)23)26-18-11-15(13-7-5-4-6-8-13)19-16(22-18)9-14(24-2)10-17(19)25-3/h4-12H,1-3H3,(H2,21,23)/t12-/m1/s1. The number of benzene rings is 2. The number of primary amides is 1. The van der Waals surface area contributed by atoms with Crippen molar-refractivity contribution in [2.45, 2.75) is 17.2 Å². The van der Waals surface area contributed by atoms with E-state index in [4.69, 9.17) is 20.2 Å². The van der Waals surface area contributed by atoms with Gasteiger partial charge in [0.1, 0.15) is 11.5 Å². The molecule has 1 heterocycles. The van der Waals surface area contributed by atoms with Crippen molar-refractivity contribution in [1.29, 1.82) is 0 Å². The zero-order valence-corrected chi connectivity index (χ0v) is 15.7. The Balaban J connectivity index is 2.28. The molecule has 0 bridgehead atoms. The van der Waals surface area contributed by atoms with Crippen LogP contribution in [0.3, 0.4) is 0 Å². The van der Waals surface area contributed by atoms with E-state index in [1.54, 1.807) is 21.1 Å². The number of nitrogens with two attached hydrogens (primary N) is 1. The van der Waals surface area contributed by atoms with Crippen LogP contribution in [0.15, 0.2) is 53.6 Å². The van der Waals surface area contributed by atoms with Crippen molar-refractivity contribution >= 4 is 28.6 Å². The van der Waals surface area contributed by atoms with Crippen molar-refractivity contribution in [2.75, 3.05) is 14.2 Å². The molecule has 0 saturated carbocycles. The first kappa shape index (κ1) is 18.1. The second-order valence-corrected chi connectivity index (χ2v) is 7.12. The number of hydrogen-bond acceptors (Lipinski definition) is 5. The van der Waals surface area contributed by atoms with Gasteiger partial charge < -0.3 is 15.2 Å². The molecule has 6 heteroatoms. The van der Waals surface area contributed by atoms with Crippen LogP contribution in [0.4, 0.5) is 0 Å². The number of amides is 1. The molecular formula is C20H20N2O3S. The number of methoxy groups -OCH3 is 2. The number of hydrogen-bond donors (Lipinski definition) is 1. The van der Waals surface area contributed by atoms with E-state index in [1.165, 1.54) is 11.8 Å². The van der Waals surface area contributed by atoms with E-state index >= 15 is 0 Å². The SMILES string of the molecule is COc1cc(OC)c2c(-c3ccccc3)cc(S[C@H](C)C(N)=O)nc2c1. The maximum Gasteiger partial charge on any atom is 0.230 e. The van der Waals surface area contributed by atoms with Crippen molar-refractivity contribution < 1.29 is 14.3 Å². The first-order chi connectivity index (χ1) is 12.5. The largest absolute Gasteiger partial charge is 0.497 e. The lowest BCUT2D eigenvalue weighted by Gasteiger charge is -2.15. The molecule has 1 amide bonds. The Morgan fingerprint density at radius 1 is 1.12 bits per heavy atom. The lowest BCUT2D eigenvalue weighted by atomic mass is 10.0. The third-order valence-corrected chi connectivity index (χ3v) is 5.10. The normalized spacial score (nSPS) is 12.0. The third kappa shape index (κ3) is 3.60. The van der Waals surface area contributed by atoms with Crippen LogP contribution in [-0.2, 0) is 4.79 Å². The maximum atomic E-state index is 11.5. The molecule has 1 atom stereocenters. The number of aromatic nitrogens is 1. The fraction of sp³-hybridized carbons (Fsp3) is 0.200. The van der Waals surface area contributed by atoms with E-state index in [1.807, 2.05) is 48.5 Å². The van der Waals surface area contributed by atoms with Gasteiger partial charge in [-0.15, -0.1) is 0 Å². The molecule has 0 saturated heterocycles. The Morgan fingerprint density at radius 2 is 1.85 bits per heavy atom. The van der Waals surface area contributed by atoms with Crippen molar-refractivity contribution in [3.8, 4) is 22.6 Å². The van der Waals surface area contributed by atoms with Crippen LogP contribution < -0.4 is 15.2 Å². The highest BCUT2D eigenvalue weighted by Crippen LogP contribution is 2.39. The zero-order valence-electron chi connectivity index (χ0n) is 14.9. The van der Waals surface area contributed by atoms with E-state index in [9.17, 15) is 4.79 Å². The minimum atomic E-state index is -0.379. The van der Waals surface area contributed by atoms with Gasteiger partial charge in [0.15, 0.2) is 0 Å². The van der Waals surface area contributed by atoms with Gasteiger partial charge in [0.05, 0.1) is 35.4 Å². The van der Waals surface area contributed by atoms with Crippen LogP contribution in [0, 0.1) is 0 Å². The zero-order chi connectivity index (χ0) is 18.7. The van der Waals surface area contributed by atoms with E-state index in [2.05, 4.69) is 0 Å². The van der Waals surface area contributed by atoms with Crippen LogP contribution in [0.5, 0.6) is 11.5 Å². The predicted molar refractivity (Wildman–Crippen MR) is 105 cm³/mol. The second kappa shape index (κ2) is 7.66. The van der Waals surface area contributed by atoms with Gasteiger partial charge in [-0.25, -0.2) is 4.98 Å². The first-order valence-electron chi connectivity index (χ1n) is 8.11. The molecule has 2 aromatic carbocycles. The molecular weight excluding hydrogens is 348 g/mol.